The zero-order valence-corrected chi connectivity index (χ0v) is 51.6. The Morgan fingerprint density at radius 2 is 1.17 bits per heavy atom. The summed E-state index contributed by atoms with van der Waals surface area (Å²) in [7, 11) is 0. The Hall–Kier alpha value is -6.18. The molecule has 6 rings (SSSR count). The number of aromatic nitrogens is 1. The molecule has 0 unspecified atom stereocenters. The molecule has 0 radical (unpaired) electrons. The normalized spacial score (nSPS) is 14.9. The van der Waals surface area contributed by atoms with Crippen LogP contribution in [0.1, 0.15) is 67.8 Å². The number of aliphatic imine (C=N–C) groups is 1. The Labute approximate surface area is 521 Å². The number of rotatable bonds is 50. The molecular weight excluding hydrogens is 1160 g/mol. The maximum absolute atomic E-state index is 13.9. The van der Waals surface area contributed by atoms with Crippen molar-refractivity contribution in [3.63, 3.8) is 0 Å². The van der Waals surface area contributed by atoms with Crippen molar-refractivity contribution >= 4 is 58.7 Å². The predicted molar refractivity (Wildman–Crippen MR) is 325 cm³/mol. The summed E-state index contributed by atoms with van der Waals surface area (Å²) in [6.45, 7) is 13.9. The van der Waals surface area contributed by atoms with Gasteiger partial charge in [0, 0.05) is 87.5 Å². The zero-order chi connectivity index (χ0) is 63.2. The van der Waals surface area contributed by atoms with Gasteiger partial charge in [-0.05, 0) is 48.6 Å². The number of anilines is 1. The minimum atomic E-state index is -0.743. The lowest BCUT2D eigenvalue weighted by Crippen LogP contribution is -2.37. The topological polar surface area (TPSA) is 318 Å². The van der Waals surface area contributed by atoms with Gasteiger partial charge in [0.25, 0.3) is 11.8 Å². The number of amides is 6. The lowest BCUT2D eigenvalue weighted by Gasteiger charge is -2.29. The molecule has 27 nitrogen and oxygen atoms in total. The third-order valence-electron chi connectivity index (χ3n) is 14.4. The summed E-state index contributed by atoms with van der Waals surface area (Å²) in [6, 6.07) is 7.58. The number of ether oxygens (including phenoxy) is 12. The molecule has 1 aliphatic carbocycles. The van der Waals surface area contributed by atoms with Crippen molar-refractivity contribution in [2.45, 2.75) is 63.8 Å². The van der Waals surface area contributed by atoms with Gasteiger partial charge in [0.1, 0.15) is 5.84 Å². The lowest BCUT2D eigenvalue weighted by atomic mass is 9.92. The maximum Gasteiger partial charge on any atom is 0.253 e. The Morgan fingerprint density at radius 1 is 0.663 bits per heavy atom. The Morgan fingerprint density at radius 3 is 1.66 bits per heavy atom. The first-order valence-corrected chi connectivity index (χ1v) is 30.9. The van der Waals surface area contributed by atoms with E-state index >= 15 is 0 Å². The Bertz CT molecular complexity index is 2580. The van der Waals surface area contributed by atoms with Crippen molar-refractivity contribution in [1.82, 2.24) is 25.0 Å². The van der Waals surface area contributed by atoms with Crippen LogP contribution < -0.4 is 16.4 Å². The number of pyridine rings is 1. The molecule has 1 aromatic heterocycles. The van der Waals surface area contributed by atoms with Crippen LogP contribution in [0.5, 0.6) is 0 Å². The summed E-state index contributed by atoms with van der Waals surface area (Å²) >= 11 is 0. The monoisotopic (exact) mass is 1250 g/mol. The summed E-state index contributed by atoms with van der Waals surface area (Å²) in [4.78, 5) is 89.0. The first kappa shape index (κ1) is 71.9. The van der Waals surface area contributed by atoms with Gasteiger partial charge < -0.3 is 88.1 Å². The first-order valence-electron chi connectivity index (χ1n) is 30.9. The number of hydrogen-bond acceptors (Lipinski definition) is 22. The minimum absolute atomic E-state index is 0.0222. The fourth-order valence-electron chi connectivity index (χ4n) is 9.52. The standard InChI is InChI=1S/C62H92N8O19/c1-2-13-68(16-17-71)60(76)49-42-48-3-4-51(45-54(48)67-55(63)44-49)62(10-11-62)61(77)66-52-43-50-47-69(14-7-53(50)65-46-52)57(73)9-18-78-20-22-80-24-26-82-28-30-84-32-34-86-36-38-88-40-41-89-39-37-87-35-33-85-31-29-83-27-25-81-23-21-79-19-12-64-56(72)8-15-70-58(74)5-6-59(70)75/h3-6,42-43,45-46,71H,2,7-41,44,47H2,1H3,(H2,63,67)(H,64,72)(H,66,77). The van der Waals surface area contributed by atoms with Gasteiger partial charge in [0.05, 0.1) is 195 Å². The van der Waals surface area contributed by atoms with E-state index in [1.165, 1.54) is 12.2 Å². The van der Waals surface area contributed by atoms with Crippen LogP contribution in [-0.2, 0) is 104 Å². The Kier molecular flexibility index (Phi) is 33.9. The van der Waals surface area contributed by atoms with E-state index in [2.05, 4.69) is 20.6 Å². The molecule has 1 aromatic carbocycles. The van der Waals surface area contributed by atoms with Crippen molar-refractivity contribution in [2.75, 3.05) is 203 Å². The zero-order valence-electron chi connectivity index (χ0n) is 51.6. The van der Waals surface area contributed by atoms with E-state index < -0.39 is 17.2 Å². The molecule has 1 saturated carbocycles. The average Bonchev–Trinajstić information content (AvgIpc) is 1.63. The van der Waals surface area contributed by atoms with Gasteiger partial charge in [-0.3, -0.25) is 38.7 Å². The molecule has 0 spiro atoms. The van der Waals surface area contributed by atoms with Crippen LogP contribution >= 0.6 is 0 Å². The average molecular weight is 1250 g/mol. The van der Waals surface area contributed by atoms with E-state index in [1.54, 1.807) is 22.1 Å². The van der Waals surface area contributed by atoms with E-state index in [4.69, 9.17) is 62.6 Å². The van der Waals surface area contributed by atoms with Crippen LogP contribution in [-0.4, -0.2) is 264 Å². The number of aliphatic hydroxyl groups is 1. The van der Waals surface area contributed by atoms with E-state index in [0.29, 0.717) is 220 Å². The quantitative estimate of drug-likeness (QED) is 0.0541. The third kappa shape index (κ3) is 26.7. The SMILES string of the molecule is CCCN(CCO)C(=O)C1=Cc2ccc(C3(C(=O)Nc4cnc5c(c4)CN(C(=O)CCOCCOCCOCCOCCOCCOCCOCCOCCOCCOCCOCCOCCNC(=O)CCN4C(=O)C=CC4=O)CC5)CC3)cc2N=C(N)C1. The van der Waals surface area contributed by atoms with E-state index in [-0.39, 0.29) is 69.2 Å². The second kappa shape index (κ2) is 42.0. The molecule has 6 amide bonds. The summed E-state index contributed by atoms with van der Waals surface area (Å²) in [5.41, 5.74) is 10.6. The number of carbonyl (C=O) groups is 6. The second-order valence-electron chi connectivity index (χ2n) is 21.0. The summed E-state index contributed by atoms with van der Waals surface area (Å²) < 4.78 is 66.4. The highest BCUT2D eigenvalue weighted by Crippen LogP contribution is 2.50. The van der Waals surface area contributed by atoms with E-state index in [1.807, 2.05) is 31.2 Å². The van der Waals surface area contributed by atoms with Gasteiger partial charge in [-0.25, -0.2) is 4.99 Å². The number of nitrogens with two attached hydrogens (primary N) is 1. The number of aliphatic hydroxyl groups excluding tert-OH is 1. The minimum Gasteiger partial charge on any atom is -0.395 e. The molecule has 89 heavy (non-hydrogen) atoms. The highest BCUT2D eigenvalue weighted by atomic mass is 16.6. The number of benzene rings is 1. The molecule has 3 aliphatic heterocycles. The van der Waals surface area contributed by atoms with Crippen LogP contribution in [0.4, 0.5) is 11.4 Å². The van der Waals surface area contributed by atoms with E-state index in [9.17, 15) is 33.9 Å². The van der Waals surface area contributed by atoms with Crippen molar-refractivity contribution in [1.29, 1.82) is 0 Å². The largest absolute Gasteiger partial charge is 0.395 e. The number of nitrogens with zero attached hydrogens (tertiary/aromatic N) is 5. The third-order valence-corrected chi connectivity index (χ3v) is 14.4. The van der Waals surface area contributed by atoms with Gasteiger partial charge in [-0.2, -0.15) is 0 Å². The molecule has 2 aromatic rings. The van der Waals surface area contributed by atoms with Crippen LogP contribution in [0.25, 0.3) is 6.08 Å². The van der Waals surface area contributed by atoms with Crippen molar-refractivity contribution < 1.29 is 90.7 Å². The molecule has 5 N–H and O–H groups in total. The fourth-order valence-corrected chi connectivity index (χ4v) is 9.52. The maximum atomic E-state index is 13.9. The van der Waals surface area contributed by atoms with Crippen LogP contribution in [0.2, 0.25) is 0 Å². The molecule has 27 heteroatoms. The smallest absolute Gasteiger partial charge is 0.253 e. The van der Waals surface area contributed by atoms with Gasteiger partial charge >= 0.3 is 0 Å². The molecule has 0 bridgehead atoms. The van der Waals surface area contributed by atoms with Crippen LogP contribution in [0.15, 0.2) is 53.2 Å². The van der Waals surface area contributed by atoms with Crippen LogP contribution in [0, 0.1) is 0 Å². The highest BCUT2D eigenvalue weighted by Gasteiger charge is 2.51. The molecule has 494 valence electrons. The molecule has 4 heterocycles. The molecule has 0 atom stereocenters. The summed E-state index contributed by atoms with van der Waals surface area (Å²) in [6.07, 6.45) is 9.00. The van der Waals surface area contributed by atoms with Crippen molar-refractivity contribution in [3.05, 3.63) is 70.6 Å². The van der Waals surface area contributed by atoms with Crippen LogP contribution in [0.3, 0.4) is 0 Å². The van der Waals surface area contributed by atoms with Crippen molar-refractivity contribution in [3.8, 4) is 0 Å². The fraction of sp³-hybridized carbons (Fsp3) is 0.645. The van der Waals surface area contributed by atoms with Gasteiger partial charge in [0.15, 0.2) is 0 Å². The lowest BCUT2D eigenvalue weighted by molar-refractivity contribution is -0.137. The molecule has 0 saturated heterocycles. The predicted octanol–water partition coefficient (Wildman–Crippen LogP) is 1.66. The number of amidine groups is 1. The van der Waals surface area contributed by atoms with Crippen molar-refractivity contribution in [2.24, 2.45) is 10.7 Å². The first-order chi connectivity index (χ1) is 43.5. The Balaban J connectivity index is 0.652. The van der Waals surface area contributed by atoms with E-state index in [0.717, 1.165) is 33.7 Å². The highest BCUT2D eigenvalue weighted by molar-refractivity contribution is 6.13. The summed E-state index contributed by atoms with van der Waals surface area (Å²) in [5.74, 6) is -1.13. The van der Waals surface area contributed by atoms with Gasteiger partial charge in [-0.15, -0.1) is 0 Å². The van der Waals surface area contributed by atoms with Gasteiger partial charge in [-0.1, -0.05) is 19.1 Å². The molecular formula is C62H92N8O19. The van der Waals surface area contributed by atoms with Gasteiger partial charge in [0.2, 0.25) is 23.6 Å². The number of hydrogen-bond donors (Lipinski definition) is 4. The number of carbonyl (C=O) groups excluding carboxylic acids is 6. The molecule has 4 aliphatic rings. The number of fused-ring (bicyclic) bond motifs is 2. The molecule has 1 fully saturated rings. The number of imide groups is 1. The number of nitrogens with one attached hydrogen (secondary N) is 2. The summed E-state index contributed by atoms with van der Waals surface area (Å²) in [5, 5.41) is 15.3. The second-order valence-corrected chi connectivity index (χ2v) is 21.0.